The lowest BCUT2D eigenvalue weighted by molar-refractivity contribution is -0.134. The molecule has 1 N–H and O–H groups in total. The van der Waals surface area contributed by atoms with Crippen molar-refractivity contribution in [2.45, 2.75) is 6.18 Å². The molecule has 0 bridgehead atoms. The van der Waals surface area contributed by atoms with Crippen molar-refractivity contribution in [1.29, 1.82) is 0 Å². The van der Waals surface area contributed by atoms with Gasteiger partial charge in [-0.15, -0.1) is 11.3 Å². The zero-order valence-corrected chi connectivity index (χ0v) is 7.62. The fourth-order valence-corrected chi connectivity index (χ4v) is 2.12. The van der Waals surface area contributed by atoms with Gasteiger partial charge in [0.25, 0.3) is 0 Å². The minimum absolute atomic E-state index is 0.0203. The Morgan fingerprint density at radius 3 is 2.50 bits per heavy atom. The Bertz CT molecular complexity index is 472. The number of fused-ring (bicyclic) bond motifs is 1. The summed E-state index contributed by atoms with van der Waals surface area (Å²) < 4.78 is 37.3. The molecular weight excluding hydrogens is 213 g/mol. The molecule has 0 spiro atoms. The maximum atomic E-state index is 12.3. The molecule has 0 radical (unpaired) electrons. The van der Waals surface area contributed by atoms with Gasteiger partial charge in [-0.25, -0.2) is 0 Å². The molecule has 2 rings (SSSR count). The van der Waals surface area contributed by atoms with Crippen LogP contribution in [-0.4, -0.2) is 5.11 Å². The molecule has 0 saturated carbocycles. The lowest BCUT2D eigenvalue weighted by Gasteiger charge is -1.99. The van der Waals surface area contributed by atoms with Gasteiger partial charge in [-0.1, -0.05) is 0 Å². The summed E-state index contributed by atoms with van der Waals surface area (Å²) >= 11 is 0.633. The zero-order valence-electron chi connectivity index (χ0n) is 6.80. The predicted octanol–water partition coefficient (Wildman–Crippen LogP) is 3.63. The Kier molecular flexibility index (Phi) is 1.92. The molecule has 2 aromatic rings. The van der Waals surface area contributed by atoms with Crippen LogP contribution >= 0.6 is 11.3 Å². The number of benzene rings is 1. The van der Waals surface area contributed by atoms with Gasteiger partial charge in [0.2, 0.25) is 0 Å². The van der Waals surface area contributed by atoms with E-state index in [4.69, 9.17) is 5.11 Å². The summed E-state index contributed by atoms with van der Waals surface area (Å²) in [6.07, 6.45) is -4.31. The molecule has 0 aliphatic carbocycles. The first-order valence-electron chi connectivity index (χ1n) is 3.76. The van der Waals surface area contributed by atoms with Crippen LogP contribution in [0.5, 0.6) is 5.75 Å². The van der Waals surface area contributed by atoms with Crippen LogP contribution in [0.3, 0.4) is 0 Å². The van der Waals surface area contributed by atoms with Crippen molar-refractivity contribution in [3.8, 4) is 5.75 Å². The Balaban J connectivity index is 2.63. The second kappa shape index (κ2) is 2.88. The average Bonchev–Trinajstić information content (AvgIpc) is 2.45. The van der Waals surface area contributed by atoms with Crippen molar-refractivity contribution in [2.75, 3.05) is 0 Å². The average molecular weight is 218 g/mol. The summed E-state index contributed by atoms with van der Waals surface area (Å²) in [5, 5.41) is 9.57. The molecule has 0 fully saturated rings. The number of halogens is 3. The van der Waals surface area contributed by atoms with E-state index in [0.29, 0.717) is 21.4 Å². The number of alkyl halides is 3. The number of hydrogen-bond donors (Lipinski definition) is 1. The summed E-state index contributed by atoms with van der Waals surface area (Å²) in [7, 11) is 0. The summed E-state index contributed by atoms with van der Waals surface area (Å²) in [5.74, 6) is -0.0203. The fraction of sp³-hybridized carbons (Fsp3) is 0.111. The third kappa shape index (κ3) is 1.55. The first-order valence-corrected chi connectivity index (χ1v) is 4.58. The van der Waals surface area contributed by atoms with Crippen molar-refractivity contribution in [3.05, 3.63) is 29.1 Å². The van der Waals surface area contributed by atoms with Gasteiger partial charge in [-0.3, -0.25) is 0 Å². The van der Waals surface area contributed by atoms with E-state index in [9.17, 15) is 13.2 Å². The molecule has 5 heteroatoms. The first-order chi connectivity index (χ1) is 6.47. The van der Waals surface area contributed by atoms with E-state index in [2.05, 4.69) is 0 Å². The van der Waals surface area contributed by atoms with Gasteiger partial charge >= 0.3 is 6.18 Å². The summed E-state index contributed by atoms with van der Waals surface area (Å²) in [5.41, 5.74) is 0. The fourth-order valence-electron chi connectivity index (χ4n) is 1.16. The molecule has 0 aliphatic rings. The quantitative estimate of drug-likeness (QED) is 0.715. The maximum absolute atomic E-state index is 12.3. The van der Waals surface area contributed by atoms with E-state index in [1.165, 1.54) is 18.2 Å². The Morgan fingerprint density at radius 1 is 1.14 bits per heavy atom. The number of hydrogen-bond acceptors (Lipinski definition) is 2. The maximum Gasteiger partial charge on any atom is 0.425 e. The van der Waals surface area contributed by atoms with Crippen molar-refractivity contribution < 1.29 is 18.3 Å². The molecule has 1 aromatic heterocycles. The van der Waals surface area contributed by atoms with Gasteiger partial charge in [0.1, 0.15) is 10.6 Å². The SMILES string of the molecule is Oc1ccc2cc(C(F)(F)F)sc2c1. The van der Waals surface area contributed by atoms with Crippen LogP contribution in [0.15, 0.2) is 24.3 Å². The van der Waals surface area contributed by atoms with E-state index in [-0.39, 0.29) is 5.75 Å². The summed E-state index contributed by atoms with van der Waals surface area (Å²) in [6.45, 7) is 0. The zero-order chi connectivity index (χ0) is 10.3. The van der Waals surface area contributed by atoms with E-state index in [0.717, 1.165) is 6.07 Å². The largest absolute Gasteiger partial charge is 0.508 e. The highest BCUT2D eigenvalue weighted by Gasteiger charge is 2.32. The van der Waals surface area contributed by atoms with E-state index >= 15 is 0 Å². The lowest BCUT2D eigenvalue weighted by atomic mass is 10.2. The van der Waals surface area contributed by atoms with Crippen molar-refractivity contribution in [1.82, 2.24) is 0 Å². The molecule has 1 heterocycles. The smallest absolute Gasteiger partial charge is 0.425 e. The molecule has 0 aliphatic heterocycles. The minimum Gasteiger partial charge on any atom is -0.508 e. The van der Waals surface area contributed by atoms with Gasteiger partial charge in [0, 0.05) is 4.70 Å². The normalized spacial score (nSPS) is 12.2. The Labute approximate surface area is 81.4 Å². The van der Waals surface area contributed by atoms with Crippen LogP contribution < -0.4 is 0 Å². The molecule has 14 heavy (non-hydrogen) atoms. The van der Waals surface area contributed by atoms with E-state index in [1.54, 1.807) is 0 Å². The predicted molar refractivity (Wildman–Crippen MR) is 48.5 cm³/mol. The highest BCUT2D eigenvalue weighted by Crippen LogP contribution is 2.38. The highest BCUT2D eigenvalue weighted by atomic mass is 32.1. The van der Waals surface area contributed by atoms with Crippen molar-refractivity contribution in [3.63, 3.8) is 0 Å². The van der Waals surface area contributed by atoms with Crippen LogP contribution in [0.2, 0.25) is 0 Å². The van der Waals surface area contributed by atoms with Gasteiger partial charge in [-0.05, 0) is 29.7 Å². The van der Waals surface area contributed by atoms with Crippen LogP contribution in [-0.2, 0) is 6.18 Å². The molecule has 0 atom stereocenters. The summed E-state index contributed by atoms with van der Waals surface area (Å²) in [6, 6.07) is 5.25. The number of phenols is 1. The van der Waals surface area contributed by atoms with Gasteiger partial charge in [-0.2, -0.15) is 13.2 Å². The van der Waals surface area contributed by atoms with Gasteiger partial charge in [0.05, 0.1) is 0 Å². The Morgan fingerprint density at radius 2 is 1.86 bits per heavy atom. The highest BCUT2D eigenvalue weighted by molar-refractivity contribution is 7.19. The molecule has 0 amide bonds. The van der Waals surface area contributed by atoms with Crippen molar-refractivity contribution in [2.24, 2.45) is 0 Å². The van der Waals surface area contributed by atoms with Crippen LogP contribution in [0.1, 0.15) is 4.88 Å². The third-order valence-corrected chi connectivity index (χ3v) is 2.93. The van der Waals surface area contributed by atoms with E-state index < -0.39 is 11.1 Å². The monoisotopic (exact) mass is 218 g/mol. The molecule has 0 unspecified atom stereocenters. The second-order valence-corrected chi connectivity index (χ2v) is 3.91. The first kappa shape index (κ1) is 9.33. The number of aromatic hydroxyl groups is 1. The van der Waals surface area contributed by atoms with Gasteiger partial charge in [0.15, 0.2) is 0 Å². The van der Waals surface area contributed by atoms with Crippen LogP contribution in [0, 0.1) is 0 Å². The molecule has 74 valence electrons. The topological polar surface area (TPSA) is 20.2 Å². The summed E-state index contributed by atoms with van der Waals surface area (Å²) in [4.78, 5) is -0.641. The standard InChI is InChI=1S/C9H5F3OS/c10-9(11,12)8-3-5-1-2-6(13)4-7(5)14-8/h1-4,13H. The number of thiophene rings is 1. The molecular formula is C9H5F3OS. The van der Waals surface area contributed by atoms with Crippen LogP contribution in [0.25, 0.3) is 10.1 Å². The van der Waals surface area contributed by atoms with Crippen LogP contribution in [0.4, 0.5) is 13.2 Å². The number of phenolic OH excluding ortho intramolecular Hbond substituents is 1. The Hall–Kier alpha value is -1.23. The van der Waals surface area contributed by atoms with E-state index in [1.807, 2.05) is 0 Å². The molecule has 0 saturated heterocycles. The third-order valence-electron chi connectivity index (χ3n) is 1.78. The van der Waals surface area contributed by atoms with Crippen molar-refractivity contribution >= 4 is 21.4 Å². The number of rotatable bonds is 0. The van der Waals surface area contributed by atoms with Gasteiger partial charge < -0.3 is 5.11 Å². The molecule has 1 nitrogen and oxygen atoms in total. The molecule has 1 aromatic carbocycles. The minimum atomic E-state index is -4.31. The second-order valence-electron chi connectivity index (χ2n) is 2.83. The lowest BCUT2D eigenvalue weighted by Crippen LogP contribution is -2.00.